The molecule has 4 N–H and O–H groups in total. The number of carbonyl (C=O) groups is 2. The average molecular weight is 1120 g/mol. The Bertz CT molecular complexity index is 3020. The summed E-state index contributed by atoms with van der Waals surface area (Å²) in [6, 6.07) is 5.59. The number of halogens is 6. The number of carbonyl (C=O) groups excluding carboxylic acids is 1. The number of aromatic amines is 1. The molecule has 8 heterocycles. The Morgan fingerprint density at radius 3 is 1.76 bits per heavy atom. The van der Waals surface area contributed by atoms with Crippen LogP contribution >= 0.6 is 23.5 Å². The Hall–Kier alpha value is -6.00. The Morgan fingerprint density at radius 1 is 0.737 bits per heavy atom. The second-order valence-corrected chi connectivity index (χ2v) is 28.5. The van der Waals surface area contributed by atoms with E-state index in [9.17, 15) is 41.0 Å². The van der Waals surface area contributed by atoms with Gasteiger partial charge < -0.3 is 39.7 Å². The second kappa shape index (κ2) is 22.2. The van der Waals surface area contributed by atoms with Gasteiger partial charge in [-0.1, -0.05) is 44.3 Å². The fraction of sp³-hybridized carbons (Fsp3) is 0.542. The average Bonchev–Trinajstić information content (AvgIpc) is 3.90. The Balaban J connectivity index is 0.000000224. The van der Waals surface area contributed by atoms with Crippen LogP contribution in [0.1, 0.15) is 92.5 Å². The molecule has 28 heteroatoms. The molecule has 8 rings (SSSR count). The third kappa shape index (κ3) is 14.5. The van der Waals surface area contributed by atoms with Crippen LogP contribution in [0.15, 0.2) is 68.9 Å². The molecule has 0 spiro atoms. The van der Waals surface area contributed by atoms with Crippen molar-refractivity contribution in [3.05, 3.63) is 60.4 Å². The molecule has 0 unspecified atom stereocenters. The Morgan fingerprint density at radius 2 is 1.25 bits per heavy atom. The number of alkyl halides is 6. The van der Waals surface area contributed by atoms with Crippen LogP contribution < -0.4 is 20.4 Å². The number of nitrogens with one attached hydrogen (secondary N) is 3. The van der Waals surface area contributed by atoms with Crippen molar-refractivity contribution in [2.45, 2.75) is 155 Å². The van der Waals surface area contributed by atoms with E-state index < -0.39 is 60.9 Å². The van der Waals surface area contributed by atoms with E-state index in [0.717, 1.165) is 35.9 Å². The number of carboxylic acid groups (broad SMARTS) is 1. The van der Waals surface area contributed by atoms with Gasteiger partial charge >= 0.3 is 24.5 Å². The van der Waals surface area contributed by atoms with Gasteiger partial charge in [0, 0.05) is 66.0 Å². The lowest BCUT2D eigenvalue weighted by atomic mass is 9.90. The molecule has 0 radical (unpaired) electrons. The molecule has 0 aromatic carbocycles. The lowest BCUT2D eigenvalue weighted by Gasteiger charge is -2.40. The number of aromatic nitrogens is 10. The standard InChI is InChI=1S/C26H36F3N7O3SSi.C22H26F3N7O2S/c1-24(2,3)41(5,6)39-15-14-36-21-20(33-22(36)35-12-9-25(4,10-13-35)34-23(37)38)32-18(16-31-21)40-17-8-7-11-30-19(17)26(27,28)29;1-20(2,3)34-19(33)31-21(4)7-10-32(11-8-21)18-29-16-17(30-18)28-14(12-27-16)35-13-6-5-9-26-15(13)22(23,24)25/h7-8,11,16,34H,9-10,12-15H2,1-6H3,(H,37,38);5-6,9,12H,7-8,10-11H2,1-4H3,(H,31,33)(H,27,28,29,30). The Kier molecular flexibility index (Phi) is 16.8. The predicted molar refractivity (Wildman–Crippen MR) is 277 cm³/mol. The van der Waals surface area contributed by atoms with Crippen LogP contribution in [0.4, 0.5) is 47.8 Å². The van der Waals surface area contributed by atoms with Crippen molar-refractivity contribution in [2.24, 2.45) is 0 Å². The van der Waals surface area contributed by atoms with Gasteiger partial charge in [-0.15, -0.1) is 0 Å². The molecule has 0 bridgehead atoms. The first-order valence-electron chi connectivity index (χ1n) is 24.3. The zero-order chi connectivity index (χ0) is 55.6. The van der Waals surface area contributed by atoms with Gasteiger partial charge in [0.15, 0.2) is 42.3 Å². The highest BCUT2D eigenvalue weighted by atomic mass is 32.2. The Labute approximate surface area is 444 Å². The molecular formula is C48H62F6N14O5S2Si. The zero-order valence-corrected chi connectivity index (χ0v) is 46.4. The van der Waals surface area contributed by atoms with Gasteiger partial charge in [-0.3, -0.25) is 14.5 Å². The van der Waals surface area contributed by atoms with Crippen molar-refractivity contribution in [1.29, 1.82) is 0 Å². The van der Waals surface area contributed by atoms with Gasteiger partial charge in [0.2, 0.25) is 11.9 Å². The number of fused-ring (bicyclic) bond motifs is 2. The number of rotatable bonds is 12. The fourth-order valence-corrected chi connectivity index (χ4v) is 10.8. The summed E-state index contributed by atoms with van der Waals surface area (Å²) in [5.74, 6) is 1.19. The first kappa shape index (κ1) is 57.7. The second-order valence-electron chi connectivity index (χ2n) is 21.5. The zero-order valence-electron chi connectivity index (χ0n) is 43.8. The lowest BCUT2D eigenvalue weighted by molar-refractivity contribution is -0.144. The molecule has 6 aromatic rings. The third-order valence-electron chi connectivity index (χ3n) is 13.2. The molecule has 2 amide bonds. The molecule has 2 aliphatic heterocycles. The summed E-state index contributed by atoms with van der Waals surface area (Å²) in [5, 5.41) is 15.4. The maximum absolute atomic E-state index is 13.5. The summed E-state index contributed by atoms with van der Waals surface area (Å²) in [5.41, 5.74) is -1.92. The molecule has 2 aliphatic rings. The van der Waals surface area contributed by atoms with Crippen LogP contribution in [-0.4, -0.2) is 124 Å². The minimum Gasteiger partial charge on any atom is -0.465 e. The van der Waals surface area contributed by atoms with Gasteiger partial charge in [-0.05, 0) is 103 Å². The maximum atomic E-state index is 13.5. The number of ether oxygens (including phenoxy) is 1. The van der Waals surface area contributed by atoms with Gasteiger partial charge in [0.1, 0.15) is 15.7 Å². The number of hydrogen-bond acceptors (Lipinski definition) is 16. The van der Waals surface area contributed by atoms with E-state index in [4.69, 9.17) is 14.1 Å². The van der Waals surface area contributed by atoms with Crippen LogP contribution in [0.2, 0.25) is 18.1 Å². The quantitative estimate of drug-likeness (QED) is 0.0660. The third-order valence-corrected chi connectivity index (χ3v) is 19.7. The van der Waals surface area contributed by atoms with Crippen molar-refractivity contribution in [3.63, 3.8) is 0 Å². The summed E-state index contributed by atoms with van der Waals surface area (Å²) in [7, 11) is -2.02. The van der Waals surface area contributed by atoms with Gasteiger partial charge in [-0.25, -0.2) is 29.5 Å². The number of pyridine rings is 2. The van der Waals surface area contributed by atoms with Gasteiger partial charge in [0.25, 0.3) is 0 Å². The van der Waals surface area contributed by atoms with E-state index in [1.807, 2.05) is 44.1 Å². The highest BCUT2D eigenvalue weighted by Gasteiger charge is 2.40. The smallest absolute Gasteiger partial charge is 0.434 e. The number of anilines is 2. The molecule has 0 aliphatic carbocycles. The van der Waals surface area contributed by atoms with E-state index in [0.29, 0.717) is 99.5 Å². The number of amides is 2. The van der Waals surface area contributed by atoms with Crippen molar-refractivity contribution in [1.82, 2.24) is 60.1 Å². The summed E-state index contributed by atoms with van der Waals surface area (Å²) in [6.45, 7) is 23.4. The van der Waals surface area contributed by atoms with Crippen molar-refractivity contribution >= 4 is 78.5 Å². The van der Waals surface area contributed by atoms with E-state index in [1.165, 1.54) is 36.7 Å². The van der Waals surface area contributed by atoms with Crippen LogP contribution in [0.5, 0.6) is 0 Å². The van der Waals surface area contributed by atoms with Gasteiger partial charge in [0.05, 0.1) is 19.0 Å². The number of H-pyrrole nitrogens is 1. The van der Waals surface area contributed by atoms with Crippen molar-refractivity contribution in [3.8, 4) is 0 Å². The van der Waals surface area contributed by atoms with E-state index in [-0.39, 0.29) is 24.9 Å². The first-order valence-corrected chi connectivity index (χ1v) is 28.9. The van der Waals surface area contributed by atoms with Crippen LogP contribution in [0.25, 0.3) is 22.6 Å². The highest BCUT2D eigenvalue weighted by Crippen LogP contribution is 2.40. The first-order chi connectivity index (χ1) is 35.3. The number of hydrogen-bond donors (Lipinski definition) is 4. The highest BCUT2D eigenvalue weighted by molar-refractivity contribution is 7.99. The van der Waals surface area contributed by atoms with Crippen LogP contribution in [0.3, 0.4) is 0 Å². The lowest BCUT2D eigenvalue weighted by Crippen LogP contribution is -2.54. The molecule has 2 saturated heterocycles. The van der Waals surface area contributed by atoms with E-state index in [1.54, 1.807) is 0 Å². The topological polar surface area (TPSA) is 227 Å². The number of alkyl carbamates (subject to hydrolysis) is 1. The van der Waals surface area contributed by atoms with Crippen molar-refractivity contribution in [2.75, 3.05) is 42.6 Å². The summed E-state index contributed by atoms with van der Waals surface area (Å²) >= 11 is 1.67. The SMILES string of the molecule is CC1(NC(=O)O)CCN(c2nc3nc(Sc4cccnc4C(F)(F)F)cnc3n2CCO[Si](C)(C)C(C)(C)C)CC1.CC1(NC(=O)OC(C)(C)C)CCN(c2nc3nc(Sc4cccnc4C(F)(F)F)cnc3[nH]2)CC1. The minimum absolute atomic E-state index is 0.0365. The summed E-state index contributed by atoms with van der Waals surface area (Å²) in [4.78, 5) is 64.6. The molecule has 19 nitrogen and oxygen atoms in total. The molecule has 76 heavy (non-hydrogen) atoms. The maximum Gasteiger partial charge on any atom is 0.434 e. The normalized spacial score (nSPS) is 16.3. The predicted octanol–water partition coefficient (Wildman–Crippen LogP) is 10.8. The fourth-order valence-electron chi connectivity index (χ4n) is 8.01. The monoisotopic (exact) mass is 1120 g/mol. The molecule has 0 atom stereocenters. The number of nitrogens with zero attached hydrogens (tertiary/aromatic N) is 11. The number of piperidine rings is 2. The summed E-state index contributed by atoms with van der Waals surface area (Å²) in [6.07, 6.45) is -3.11. The van der Waals surface area contributed by atoms with Crippen LogP contribution in [-0.2, 0) is 28.1 Å². The summed E-state index contributed by atoms with van der Waals surface area (Å²) < 4.78 is 93.9. The van der Waals surface area contributed by atoms with Crippen molar-refractivity contribution < 1.29 is 50.2 Å². The minimum atomic E-state index is -4.60. The van der Waals surface area contributed by atoms with Crippen LogP contribution in [0, 0.1) is 0 Å². The molecular weight excluding hydrogens is 1060 g/mol. The van der Waals surface area contributed by atoms with Gasteiger partial charge in [-0.2, -0.15) is 36.3 Å². The molecule has 0 saturated carbocycles. The van der Waals surface area contributed by atoms with E-state index >= 15 is 0 Å². The molecule has 2 fully saturated rings. The molecule has 412 valence electrons. The van der Waals surface area contributed by atoms with E-state index in [2.05, 4.69) is 89.3 Å². The largest absolute Gasteiger partial charge is 0.465 e. The number of imidazole rings is 2. The molecule has 6 aromatic heterocycles.